The first-order chi connectivity index (χ1) is 12.1. The monoisotopic (exact) mass is 358 g/mol. The van der Waals surface area contributed by atoms with E-state index >= 15 is 0 Å². The van der Waals surface area contributed by atoms with Crippen molar-refractivity contribution in [1.82, 2.24) is 0 Å². The third-order valence-electron chi connectivity index (χ3n) is 4.39. The van der Waals surface area contributed by atoms with Gasteiger partial charge in [0.1, 0.15) is 5.75 Å². The van der Waals surface area contributed by atoms with Crippen LogP contribution in [-0.2, 0) is 21.6 Å². The molecule has 1 amide bonds. The van der Waals surface area contributed by atoms with Crippen molar-refractivity contribution < 1.29 is 18.3 Å². The summed E-state index contributed by atoms with van der Waals surface area (Å²) in [6, 6.07) is 13.2. The minimum Gasteiger partial charge on any atom is -0.772 e. The summed E-state index contributed by atoms with van der Waals surface area (Å²) < 4.78 is 27.8. The fraction of sp³-hybridized carbons (Fsp3) is 0.316. The molecule has 132 valence electrons. The molecule has 0 spiro atoms. The third-order valence-corrected chi connectivity index (χ3v) is 4.94. The van der Waals surface area contributed by atoms with E-state index in [1.54, 1.807) is 12.0 Å². The van der Waals surface area contributed by atoms with Gasteiger partial charge in [-0.2, -0.15) is 0 Å². The number of amides is 1. The highest BCUT2D eigenvalue weighted by atomic mass is 32.2. The topological polar surface area (TPSA) is 69.7 Å². The summed E-state index contributed by atoms with van der Waals surface area (Å²) >= 11 is -2.22. The summed E-state index contributed by atoms with van der Waals surface area (Å²) in [5.41, 5.74) is 3.23. The number of benzene rings is 2. The molecule has 1 saturated heterocycles. The molecule has 0 radical (unpaired) electrons. The first-order valence-corrected chi connectivity index (χ1v) is 9.46. The Morgan fingerprint density at radius 1 is 1.12 bits per heavy atom. The van der Waals surface area contributed by atoms with E-state index in [4.69, 9.17) is 4.74 Å². The summed E-state index contributed by atoms with van der Waals surface area (Å²) in [5.74, 6) is 0.713. The molecule has 25 heavy (non-hydrogen) atoms. The largest absolute Gasteiger partial charge is 0.772 e. The lowest BCUT2D eigenvalue weighted by molar-refractivity contribution is -0.119. The number of anilines is 1. The van der Waals surface area contributed by atoms with Crippen LogP contribution in [0.4, 0.5) is 5.69 Å². The van der Waals surface area contributed by atoms with E-state index in [-0.39, 0.29) is 11.7 Å². The maximum atomic E-state index is 12.2. The van der Waals surface area contributed by atoms with Gasteiger partial charge in [-0.1, -0.05) is 29.3 Å². The van der Waals surface area contributed by atoms with Gasteiger partial charge in [0, 0.05) is 24.4 Å². The van der Waals surface area contributed by atoms with Crippen LogP contribution in [-0.4, -0.2) is 28.3 Å². The first-order valence-electron chi connectivity index (χ1n) is 8.22. The molecule has 2 aromatic rings. The van der Waals surface area contributed by atoms with Gasteiger partial charge in [-0.05, 0) is 53.8 Å². The fourth-order valence-electron chi connectivity index (χ4n) is 3.12. The molecule has 1 fully saturated rings. The van der Waals surface area contributed by atoms with Crippen LogP contribution in [0.1, 0.15) is 24.8 Å². The summed E-state index contributed by atoms with van der Waals surface area (Å²) in [6.45, 7) is 0.638. The highest BCUT2D eigenvalue weighted by Crippen LogP contribution is 2.31. The molecule has 6 heteroatoms. The molecule has 0 aliphatic carbocycles. The van der Waals surface area contributed by atoms with E-state index in [1.165, 1.54) is 0 Å². The zero-order valence-electron chi connectivity index (χ0n) is 14.1. The minimum absolute atomic E-state index is 0.0568. The lowest BCUT2D eigenvalue weighted by Gasteiger charge is -2.29. The van der Waals surface area contributed by atoms with Gasteiger partial charge < -0.3 is 14.2 Å². The molecule has 3 rings (SSSR count). The van der Waals surface area contributed by atoms with Crippen molar-refractivity contribution in [3.05, 3.63) is 48.0 Å². The lowest BCUT2D eigenvalue weighted by atomic mass is 10.0. The Morgan fingerprint density at radius 2 is 1.84 bits per heavy atom. The number of piperidine rings is 1. The van der Waals surface area contributed by atoms with Gasteiger partial charge in [0.2, 0.25) is 5.91 Å². The average Bonchev–Trinajstić information content (AvgIpc) is 2.62. The Balaban J connectivity index is 1.99. The number of carbonyl (C=O) groups excluding carboxylic acids is 1. The summed E-state index contributed by atoms with van der Waals surface area (Å²) in [7, 11) is 1.61. The number of rotatable bonds is 5. The number of methoxy groups -OCH3 is 1. The van der Waals surface area contributed by atoms with Crippen LogP contribution in [0.3, 0.4) is 0 Å². The third kappa shape index (κ3) is 4.08. The molecule has 0 bridgehead atoms. The van der Waals surface area contributed by atoms with E-state index in [0.29, 0.717) is 24.2 Å². The number of ether oxygens (including phenoxy) is 1. The molecule has 1 aliphatic heterocycles. The molecular weight excluding hydrogens is 338 g/mol. The summed E-state index contributed by atoms with van der Waals surface area (Å²) in [4.78, 5) is 13.9. The van der Waals surface area contributed by atoms with Crippen molar-refractivity contribution in [2.24, 2.45) is 0 Å². The number of hydrogen-bond donors (Lipinski definition) is 0. The van der Waals surface area contributed by atoms with Crippen molar-refractivity contribution in [2.45, 2.75) is 25.0 Å². The van der Waals surface area contributed by atoms with Crippen LogP contribution in [0.2, 0.25) is 0 Å². The van der Waals surface area contributed by atoms with E-state index in [2.05, 4.69) is 0 Å². The van der Waals surface area contributed by atoms with Crippen molar-refractivity contribution >= 4 is 22.7 Å². The normalized spacial score (nSPS) is 15.9. The fourth-order valence-corrected chi connectivity index (χ4v) is 3.60. The number of carbonyl (C=O) groups is 1. The van der Waals surface area contributed by atoms with E-state index in [9.17, 15) is 13.6 Å². The standard InChI is InChI=1S/C19H21NO4S/c1-24-17-8-5-14(6-9-17)15-7-10-18(16(12-15)13-25(22)23)20-11-3-2-4-19(20)21/h5-10,12H,2-4,11,13H2,1H3,(H,22,23)/p-1. The molecule has 1 heterocycles. The van der Waals surface area contributed by atoms with Gasteiger partial charge in [-0.25, -0.2) is 0 Å². The van der Waals surface area contributed by atoms with E-state index in [0.717, 1.165) is 29.7 Å². The van der Waals surface area contributed by atoms with Crippen LogP contribution in [0.15, 0.2) is 42.5 Å². The summed E-state index contributed by atoms with van der Waals surface area (Å²) in [6.07, 6.45) is 2.34. The Hall–Kier alpha value is -2.18. The van der Waals surface area contributed by atoms with Gasteiger partial charge >= 0.3 is 0 Å². The molecule has 1 unspecified atom stereocenters. The zero-order valence-corrected chi connectivity index (χ0v) is 14.9. The SMILES string of the molecule is COc1ccc(-c2ccc(N3CCCCC3=O)c(CS(=O)[O-])c2)cc1. The number of hydrogen-bond acceptors (Lipinski definition) is 4. The summed E-state index contributed by atoms with van der Waals surface area (Å²) in [5, 5.41) is 0. The van der Waals surface area contributed by atoms with Crippen LogP contribution in [0.25, 0.3) is 11.1 Å². The van der Waals surface area contributed by atoms with Crippen molar-refractivity contribution in [2.75, 3.05) is 18.6 Å². The highest BCUT2D eigenvalue weighted by molar-refractivity contribution is 7.78. The molecule has 0 saturated carbocycles. The molecule has 5 nitrogen and oxygen atoms in total. The van der Waals surface area contributed by atoms with Gasteiger partial charge in [0.05, 0.1) is 7.11 Å². The molecule has 2 aromatic carbocycles. The maximum absolute atomic E-state index is 12.2. The van der Waals surface area contributed by atoms with Crippen molar-refractivity contribution in [1.29, 1.82) is 0 Å². The Kier molecular flexibility index (Phi) is 5.50. The van der Waals surface area contributed by atoms with Gasteiger partial charge in [0.25, 0.3) is 0 Å². The Morgan fingerprint density at radius 3 is 2.48 bits per heavy atom. The van der Waals surface area contributed by atoms with Crippen LogP contribution in [0, 0.1) is 0 Å². The highest BCUT2D eigenvalue weighted by Gasteiger charge is 2.22. The Labute approximate surface area is 149 Å². The molecule has 0 N–H and O–H groups in total. The maximum Gasteiger partial charge on any atom is 0.226 e. The quantitative estimate of drug-likeness (QED) is 0.769. The predicted molar refractivity (Wildman–Crippen MR) is 97.3 cm³/mol. The van der Waals surface area contributed by atoms with E-state index < -0.39 is 11.1 Å². The first kappa shape index (κ1) is 17.6. The second kappa shape index (κ2) is 7.80. The average molecular weight is 358 g/mol. The van der Waals surface area contributed by atoms with Crippen LogP contribution >= 0.6 is 0 Å². The van der Waals surface area contributed by atoms with Crippen LogP contribution in [0.5, 0.6) is 5.75 Å². The predicted octanol–water partition coefficient (Wildman–Crippen LogP) is 3.26. The molecule has 1 atom stereocenters. The zero-order chi connectivity index (χ0) is 17.8. The van der Waals surface area contributed by atoms with Gasteiger partial charge in [-0.3, -0.25) is 9.00 Å². The second-order valence-electron chi connectivity index (χ2n) is 6.02. The van der Waals surface area contributed by atoms with Crippen LogP contribution < -0.4 is 9.64 Å². The smallest absolute Gasteiger partial charge is 0.226 e. The number of nitrogens with zero attached hydrogens (tertiary/aromatic N) is 1. The second-order valence-corrected chi connectivity index (χ2v) is 6.92. The van der Waals surface area contributed by atoms with Gasteiger partial charge in [-0.15, -0.1) is 0 Å². The van der Waals surface area contributed by atoms with Crippen molar-refractivity contribution in [3.8, 4) is 16.9 Å². The van der Waals surface area contributed by atoms with E-state index in [1.807, 2.05) is 42.5 Å². The van der Waals surface area contributed by atoms with Gasteiger partial charge in [0.15, 0.2) is 0 Å². The molecular formula is C19H20NO4S-. The van der Waals surface area contributed by atoms with Crippen molar-refractivity contribution in [3.63, 3.8) is 0 Å². The minimum atomic E-state index is -2.22. The lowest BCUT2D eigenvalue weighted by Crippen LogP contribution is -2.35. The molecule has 1 aliphatic rings. The molecule has 0 aromatic heterocycles. The Bertz CT molecular complexity index is 789.